The van der Waals surface area contributed by atoms with Crippen molar-refractivity contribution in [3.8, 4) is 5.75 Å². The van der Waals surface area contributed by atoms with Crippen molar-refractivity contribution in [3.63, 3.8) is 0 Å². The van der Waals surface area contributed by atoms with E-state index in [0.717, 1.165) is 24.3 Å². The van der Waals surface area contributed by atoms with Gasteiger partial charge in [0.15, 0.2) is 0 Å². The molecule has 2 rings (SSSR count). The SMILES string of the molecule is CCCCCCCCCCOc1ccc(COC(N)=O)cc1.NC(=O)OCC1CC1. The fraction of sp³-hybridized carbons (Fsp3) is 0.652. The van der Waals surface area contributed by atoms with Crippen LogP contribution in [-0.4, -0.2) is 25.4 Å². The van der Waals surface area contributed by atoms with Crippen molar-refractivity contribution in [1.82, 2.24) is 0 Å². The zero-order chi connectivity index (χ0) is 22.0. The van der Waals surface area contributed by atoms with Crippen molar-refractivity contribution in [2.45, 2.75) is 77.7 Å². The van der Waals surface area contributed by atoms with E-state index in [0.29, 0.717) is 12.5 Å². The van der Waals surface area contributed by atoms with Gasteiger partial charge in [-0.2, -0.15) is 0 Å². The molecule has 7 nitrogen and oxygen atoms in total. The zero-order valence-electron chi connectivity index (χ0n) is 18.3. The fourth-order valence-electron chi connectivity index (χ4n) is 2.75. The number of hydrogen-bond acceptors (Lipinski definition) is 5. The van der Waals surface area contributed by atoms with E-state index in [2.05, 4.69) is 11.7 Å². The number of carbonyl (C=O) groups is 2. The maximum absolute atomic E-state index is 10.5. The first kappa shape index (κ1) is 25.6. The van der Waals surface area contributed by atoms with Crippen LogP contribution in [0.25, 0.3) is 0 Å². The van der Waals surface area contributed by atoms with Gasteiger partial charge in [-0.1, -0.05) is 64.0 Å². The molecule has 1 fully saturated rings. The third-order valence-electron chi connectivity index (χ3n) is 4.73. The van der Waals surface area contributed by atoms with Crippen molar-refractivity contribution >= 4 is 12.2 Å². The van der Waals surface area contributed by atoms with Crippen LogP contribution in [-0.2, 0) is 16.1 Å². The van der Waals surface area contributed by atoms with Crippen LogP contribution in [0.15, 0.2) is 24.3 Å². The first-order valence-electron chi connectivity index (χ1n) is 11.1. The Bertz CT molecular complexity index is 588. The Labute approximate surface area is 180 Å². The Kier molecular flexibility index (Phi) is 14.0. The Balaban J connectivity index is 0.000000467. The van der Waals surface area contributed by atoms with Crippen molar-refractivity contribution in [3.05, 3.63) is 29.8 Å². The quantitative estimate of drug-likeness (QED) is 0.395. The molecule has 0 radical (unpaired) electrons. The van der Waals surface area contributed by atoms with Crippen molar-refractivity contribution in [2.24, 2.45) is 17.4 Å². The monoisotopic (exact) mass is 422 g/mol. The highest BCUT2D eigenvalue weighted by Gasteiger charge is 2.22. The van der Waals surface area contributed by atoms with Crippen LogP contribution in [0, 0.1) is 5.92 Å². The van der Waals surface area contributed by atoms with Crippen molar-refractivity contribution < 1.29 is 23.8 Å². The van der Waals surface area contributed by atoms with E-state index in [1.165, 1.54) is 57.8 Å². The highest BCUT2D eigenvalue weighted by atomic mass is 16.5. The molecule has 7 heteroatoms. The molecule has 0 aliphatic heterocycles. The molecule has 1 aromatic carbocycles. The van der Waals surface area contributed by atoms with Gasteiger partial charge in [0.2, 0.25) is 0 Å². The minimum Gasteiger partial charge on any atom is -0.494 e. The molecule has 0 aromatic heterocycles. The van der Waals surface area contributed by atoms with E-state index < -0.39 is 12.2 Å². The van der Waals surface area contributed by atoms with Crippen LogP contribution >= 0.6 is 0 Å². The fourth-order valence-corrected chi connectivity index (χ4v) is 2.75. The van der Waals surface area contributed by atoms with Gasteiger partial charge in [0, 0.05) is 0 Å². The average Bonchev–Trinajstić information content (AvgIpc) is 3.55. The van der Waals surface area contributed by atoms with Crippen molar-refractivity contribution in [2.75, 3.05) is 13.2 Å². The van der Waals surface area contributed by atoms with Crippen LogP contribution in [0.1, 0.15) is 76.7 Å². The molecule has 1 aromatic rings. The molecule has 30 heavy (non-hydrogen) atoms. The molecule has 0 bridgehead atoms. The normalized spacial score (nSPS) is 12.4. The Morgan fingerprint density at radius 1 is 0.867 bits per heavy atom. The number of benzene rings is 1. The van der Waals surface area contributed by atoms with Gasteiger partial charge in [0.05, 0.1) is 13.2 Å². The smallest absolute Gasteiger partial charge is 0.404 e. The number of amides is 2. The molecule has 0 heterocycles. The zero-order valence-corrected chi connectivity index (χ0v) is 18.3. The van der Waals surface area contributed by atoms with Crippen LogP contribution in [0.4, 0.5) is 9.59 Å². The van der Waals surface area contributed by atoms with E-state index in [-0.39, 0.29) is 6.61 Å². The molecule has 4 N–H and O–H groups in total. The maximum atomic E-state index is 10.5. The lowest BCUT2D eigenvalue weighted by Gasteiger charge is -2.07. The molecule has 0 atom stereocenters. The first-order chi connectivity index (χ1) is 14.5. The Morgan fingerprint density at radius 2 is 1.43 bits per heavy atom. The topological polar surface area (TPSA) is 114 Å². The van der Waals surface area contributed by atoms with Crippen LogP contribution < -0.4 is 16.2 Å². The van der Waals surface area contributed by atoms with E-state index in [9.17, 15) is 9.59 Å². The second kappa shape index (κ2) is 16.4. The molecule has 1 aliphatic carbocycles. The van der Waals surface area contributed by atoms with Crippen LogP contribution in [0.5, 0.6) is 5.75 Å². The van der Waals surface area contributed by atoms with Gasteiger partial charge in [-0.25, -0.2) is 9.59 Å². The van der Waals surface area contributed by atoms with Crippen molar-refractivity contribution in [1.29, 1.82) is 0 Å². The number of hydrogen-bond donors (Lipinski definition) is 2. The van der Waals surface area contributed by atoms with Crippen LogP contribution in [0.3, 0.4) is 0 Å². The lowest BCUT2D eigenvalue weighted by molar-refractivity contribution is 0.150. The summed E-state index contributed by atoms with van der Waals surface area (Å²) in [7, 11) is 0. The summed E-state index contributed by atoms with van der Waals surface area (Å²) >= 11 is 0. The van der Waals surface area contributed by atoms with Gasteiger partial charge in [-0.05, 0) is 42.9 Å². The number of unbranched alkanes of at least 4 members (excludes halogenated alkanes) is 7. The summed E-state index contributed by atoms with van der Waals surface area (Å²) in [5, 5.41) is 0. The molecular weight excluding hydrogens is 384 g/mol. The molecular formula is C23H38N2O5. The minimum absolute atomic E-state index is 0.202. The number of carbonyl (C=O) groups excluding carboxylic acids is 2. The number of rotatable bonds is 14. The molecule has 1 aliphatic rings. The predicted octanol–water partition coefficient (Wildman–Crippen LogP) is 5.29. The average molecular weight is 423 g/mol. The highest BCUT2D eigenvalue weighted by Crippen LogP contribution is 2.28. The summed E-state index contributed by atoms with van der Waals surface area (Å²) in [6.07, 6.45) is 11.3. The highest BCUT2D eigenvalue weighted by molar-refractivity contribution is 5.64. The third kappa shape index (κ3) is 15.5. The molecule has 2 amide bonds. The summed E-state index contributed by atoms with van der Waals surface area (Å²) in [6, 6.07) is 7.55. The van der Waals surface area contributed by atoms with E-state index in [1.807, 2.05) is 24.3 Å². The van der Waals surface area contributed by atoms with Gasteiger partial charge < -0.3 is 25.7 Å². The summed E-state index contributed by atoms with van der Waals surface area (Å²) in [5.41, 5.74) is 10.5. The second-order valence-electron chi connectivity index (χ2n) is 7.65. The predicted molar refractivity (Wildman–Crippen MR) is 117 cm³/mol. The molecule has 0 saturated heterocycles. The largest absolute Gasteiger partial charge is 0.494 e. The summed E-state index contributed by atoms with van der Waals surface area (Å²) in [5.74, 6) is 1.47. The van der Waals surface area contributed by atoms with E-state index in [1.54, 1.807) is 0 Å². The molecule has 0 spiro atoms. The Hall–Kier alpha value is -2.44. The molecule has 0 unspecified atom stereocenters. The summed E-state index contributed by atoms with van der Waals surface area (Å²) in [4.78, 5) is 20.4. The number of ether oxygens (including phenoxy) is 3. The minimum atomic E-state index is -0.755. The van der Waals surface area contributed by atoms with E-state index >= 15 is 0 Å². The van der Waals surface area contributed by atoms with Gasteiger partial charge in [0.25, 0.3) is 0 Å². The molecule has 1 saturated carbocycles. The molecule has 170 valence electrons. The van der Waals surface area contributed by atoms with Gasteiger partial charge in [0.1, 0.15) is 12.4 Å². The Morgan fingerprint density at radius 3 is 1.97 bits per heavy atom. The second-order valence-corrected chi connectivity index (χ2v) is 7.65. The number of nitrogens with two attached hydrogens (primary N) is 2. The standard InChI is InChI=1S/C18H29NO3.C5H9NO2/c1-2-3-4-5-6-7-8-9-14-21-17-12-10-16(11-13-17)15-22-18(19)20;6-5(7)8-3-4-1-2-4/h10-13H,2-9,14-15H2,1H3,(H2,19,20);4H,1-3H2,(H2,6,7). The van der Waals surface area contributed by atoms with Gasteiger partial charge in [-0.3, -0.25) is 0 Å². The summed E-state index contributed by atoms with van der Waals surface area (Å²) < 4.78 is 14.9. The maximum Gasteiger partial charge on any atom is 0.404 e. The van der Waals surface area contributed by atoms with Crippen LogP contribution in [0.2, 0.25) is 0 Å². The first-order valence-corrected chi connectivity index (χ1v) is 11.1. The number of primary amides is 2. The lowest BCUT2D eigenvalue weighted by Crippen LogP contribution is -2.14. The lowest BCUT2D eigenvalue weighted by atomic mass is 10.1. The van der Waals surface area contributed by atoms with Gasteiger partial charge in [-0.15, -0.1) is 0 Å². The third-order valence-corrected chi connectivity index (χ3v) is 4.73. The van der Waals surface area contributed by atoms with E-state index in [4.69, 9.17) is 20.9 Å². The van der Waals surface area contributed by atoms with Gasteiger partial charge >= 0.3 is 12.2 Å². The summed E-state index contributed by atoms with van der Waals surface area (Å²) in [6.45, 7) is 3.73.